The zero-order valence-corrected chi connectivity index (χ0v) is 13.7. The molecular formula is C14H26O7. The summed E-state index contributed by atoms with van der Waals surface area (Å²) in [4.78, 5) is 31.0. The predicted molar refractivity (Wildman–Crippen MR) is 76.1 cm³/mol. The van der Waals surface area contributed by atoms with Gasteiger partial charge in [0.2, 0.25) is 0 Å². The first kappa shape index (κ1) is 21.5. The van der Waals surface area contributed by atoms with Crippen molar-refractivity contribution in [3.8, 4) is 0 Å². The molecule has 0 radical (unpaired) electrons. The van der Waals surface area contributed by atoms with Gasteiger partial charge in [0.1, 0.15) is 11.2 Å². The van der Waals surface area contributed by atoms with Gasteiger partial charge in [-0.1, -0.05) is 6.92 Å². The minimum absolute atomic E-state index is 0.130. The van der Waals surface area contributed by atoms with Crippen LogP contribution in [-0.2, 0) is 19.1 Å². The summed E-state index contributed by atoms with van der Waals surface area (Å²) in [5, 5.41) is 16.3. The zero-order valence-electron chi connectivity index (χ0n) is 13.7. The van der Waals surface area contributed by atoms with E-state index < -0.39 is 35.2 Å². The van der Waals surface area contributed by atoms with E-state index in [2.05, 4.69) is 0 Å². The Morgan fingerprint density at radius 3 is 1.24 bits per heavy atom. The van der Waals surface area contributed by atoms with Crippen LogP contribution in [0.25, 0.3) is 0 Å². The summed E-state index contributed by atoms with van der Waals surface area (Å²) in [7, 11) is 0. The molecule has 0 atom stereocenters. The number of carbonyl (C=O) groups excluding carboxylic acids is 1. The van der Waals surface area contributed by atoms with Gasteiger partial charge in [-0.15, -0.1) is 0 Å². The smallest absolute Gasteiger partial charge is 0.481 e. The summed E-state index contributed by atoms with van der Waals surface area (Å²) >= 11 is 0. The Morgan fingerprint density at radius 1 is 0.857 bits per heavy atom. The lowest BCUT2D eigenvalue weighted by Crippen LogP contribution is -2.30. The number of carboxylic acids is 2. The van der Waals surface area contributed by atoms with Gasteiger partial charge in [0, 0.05) is 0 Å². The minimum atomic E-state index is -1.27. The highest BCUT2D eigenvalue weighted by Gasteiger charge is 2.23. The van der Waals surface area contributed by atoms with Crippen molar-refractivity contribution >= 4 is 18.1 Å². The van der Waals surface area contributed by atoms with Crippen LogP contribution < -0.4 is 0 Å². The molecule has 0 spiro atoms. The van der Waals surface area contributed by atoms with E-state index in [1.54, 1.807) is 41.5 Å². The average Bonchev–Trinajstić information content (AvgIpc) is 2.10. The first-order chi connectivity index (χ1) is 9.19. The summed E-state index contributed by atoms with van der Waals surface area (Å²) in [6.45, 7) is 12.3. The molecule has 0 heterocycles. The van der Waals surface area contributed by atoms with E-state index in [0.717, 1.165) is 0 Å². The van der Waals surface area contributed by atoms with Crippen molar-refractivity contribution in [2.75, 3.05) is 0 Å². The molecule has 2 N–H and O–H groups in total. The van der Waals surface area contributed by atoms with Crippen LogP contribution in [0.15, 0.2) is 0 Å². The Balaban J connectivity index is 0. The fourth-order valence-corrected chi connectivity index (χ4v) is 0.976. The lowest BCUT2D eigenvalue weighted by Gasteiger charge is -2.24. The number of carboxylic acid groups (broad SMARTS) is 2. The number of hydrogen-bond acceptors (Lipinski definition) is 5. The fraction of sp³-hybridized carbons (Fsp3) is 0.786. The topological polar surface area (TPSA) is 110 Å². The van der Waals surface area contributed by atoms with Crippen molar-refractivity contribution in [1.82, 2.24) is 0 Å². The normalized spacial score (nSPS) is 11.2. The predicted octanol–water partition coefficient (Wildman–Crippen LogP) is 2.92. The lowest BCUT2D eigenvalue weighted by molar-refractivity contribution is -0.154. The van der Waals surface area contributed by atoms with Crippen LogP contribution in [0, 0.1) is 5.92 Å². The van der Waals surface area contributed by atoms with E-state index in [0.29, 0.717) is 0 Å². The van der Waals surface area contributed by atoms with E-state index in [9.17, 15) is 14.4 Å². The van der Waals surface area contributed by atoms with E-state index >= 15 is 0 Å². The third-order valence-electron chi connectivity index (χ3n) is 1.78. The Hall–Kier alpha value is -1.79. The van der Waals surface area contributed by atoms with Crippen molar-refractivity contribution in [2.24, 2.45) is 5.92 Å². The van der Waals surface area contributed by atoms with Crippen molar-refractivity contribution in [1.29, 1.82) is 0 Å². The molecule has 0 bridgehead atoms. The number of rotatable bonds is 3. The van der Waals surface area contributed by atoms with E-state index in [1.165, 1.54) is 6.92 Å². The number of hydrogen-bond donors (Lipinski definition) is 2. The number of aliphatic carboxylic acids is 2. The molecule has 0 fully saturated rings. The third kappa shape index (κ3) is 14.4. The van der Waals surface area contributed by atoms with Gasteiger partial charge in [-0.05, 0) is 48.0 Å². The van der Waals surface area contributed by atoms with Gasteiger partial charge in [-0.25, -0.2) is 4.79 Å². The van der Waals surface area contributed by atoms with E-state index in [4.69, 9.17) is 19.7 Å². The fourth-order valence-electron chi connectivity index (χ4n) is 0.976. The van der Waals surface area contributed by atoms with Crippen LogP contribution in [0.3, 0.4) is 0 Å². The van der Waals surface area contributed by atoms with Gasteiger partial charge in [-0.2, -0.15) is 0 Å². The maximum atomic E-state index is 11.0. The molecule has 0 saturated heterocycles. The summed E-state index contributed by atoms with van der Waals surface area (Å²) in [5.41, 5.74) is -0.968. The first-order valence-electron chi connectivity index (χ1n) is 6.57. The highest BCUT2D eigenvalue weighted by Crippen LogP contribution is 2.13. The van der Waals surface area contributed by atoms with Crippen LogP contribution in [0.4, 0.5) is 4.79 Å². The number of carbonyl (C=O) groups is 3. The molecule has 124 valence electrons. The molecule has 0 amide bonds. The second-order valence-electron chi connectivity index (χ2n) is 6.32. The van der Waals surface area contributed by atoms with Crippen LogP contribution in [0.1, 0.15) is 54.9 Å². The monoisotopic (exact) mass is 306 g/mol. The zero-order chi connectivity index (χ0) is 17.4. The van der Waals surface area contributed by atoms with Gasteiger partial charge >= 0.3 is 18.1 Å². The molecular weight excluding hydrogens is 280 g/mol. The van der Waals surface area contributed by atoms with Gasteiger partial charge in [0.15, 0.2) is 5.92 Å². The van der Waals surface area contributed by atoms with Crippen LogP contribution in [0.2, 0.25) is 0 Å². The molecule has 0 aliphatic rings. The van der Waals surface area contributed by atoms with Gasteiger partial charge < -0.3 is 19.7 Å². The van der Waals surface area contributed by atoms with Crippen LogP contribution >= 0.6 is 0 Å². The lowest BCUT2D eigenvalue weighted by atomic mass is 10.1. The quantitative estimate of drug-likeness (QED) is 0.609. The molecule has 0 aliphatic heterocycles. The van der Waals surface area contributed by atoms with Crippen molar-refractivity contribution in [2.45, 2.75) is 66.1 Å². The highest BCUT2D eigenvalue weighted by molar-refractivity contribution is 5.92. The van der Waals surface area contributed by atoms with Crippen LogP contribution in [0.5, 0.6) is 0 Å². The van der Waals surface area contributed by atoms with Crippen molar-refractivity contribution < 1.29 is 34.1 Å². The Labute approximate surface area is 125 Å². The molecule has 0 unspecified atom stereocenters. The number of ether oxygens (including phenoxy) is 2. The Kier molecular flexibility index (Phi) is 8.69. The molecule has 7 nitrogen and oxygen atoms in total. The average molecular weight is 306 g/mol. The van der Waals surface area contributed by atoms with Crippen molar-refractivity contribution in [3.63, 3.8) is 0 Å². The van der Waals surface area contributed by atoms with Gasteiger partial charge in [0.05, 0.1) is 0 Å². The summed E-state index contributed by atoms with van der Waals surface area (Å²) in [5.74, 6) is -3.79. The Bertz CT molecular complexity index is 328. The molecule has 0 rings (SSSR count). The molecule has 0 aliphatic carbocycles. The molecule has 21 heavy (non-hydrogen) atoms. The van der Waals surface area contributed by atoms with Gasteiger partial charge in [-0.3, -0.25) is 9.59 Å². The molecule has 0 aromatic rings. The van der Waals surface area contributed by atoms with E-state index in [1.807, 2.05) is 0 Å². The van der Waals surface area contributed by atoms with Gasteiger partial charge in [0.25, 0.3) is 0 Å². The Morgan fingerprint density at radius 2 is 1.14 bits per heavy atom. The maximum absolute atomic E-state index is 11.0. The molecule has 0 saturated carbocycles. The first-order valence-corrected chi connectivity index (χ1v) is 6.57. The maximum Gasteiger partial charge on any atom is 0.509 e. The van der Waals surface area contributed by atoms with Crippen molar-refractivity contribution in [3.05, 3.63) is 0 Å². The second-order valence-corrected chi connectivity index (χ2v) is 6.32. The minimum Gasteiger partial charge on any atom is -0.481 e. The summed E-state index contributed by atoms with van der Waals surface area (Å²) in [6.07, 6.45) is -0.486. The molecule has 0 aromatic carbocycles. The van der Waals surface area contributed by atoms with Crippen LogP contribution in [-0.4, -0.2) is 39.5 Å². The SMILES string of the molecule is CC(C)(C)OC(=O)OC(C)(C)C.CCC(C(=O)O)C(=O)O. The second kappa shape index (κ2) is 8.49. The molecule has 7 heteroatoms. The summed E-state index contributed by atoms with van der Waals surface area (Å²) in [6, 6.07) is 0. The highest BCUT2D eigenvalue weighted by atomic mass is 16.7. The third-order valence-corrected chi connectivity index (χ3v) is 1.78. The largest absolute Gasteiger partial charge is 0.509 e. The standard InChI is InChI=1S/C9H18O3.C5H8O4/c1-8(2,3)11-7(10)12-9(4,5)6;1-2-3(4(6)7)5(8)9/h1-6H3;3H,2H2,1H3,(H,6,7)(H,8,9). The van der Waals surface area contributed by atoms with E-state index in [-0.39, 0.29) is 6.42 Å². The molecule has 0 aromatic heterocycles. The summed E-state index contributed by atoms with van der Waals surface area (Å²) < 4.78 is 9.91.